The molecular formula is C28H36N2O6. The van der Waals surface area contributed by atoms with E-state index in [0.717, 1.165) is 37.9 Å². The summed E-state index contributed by atoms with van der Waals surface area (Å²) in [5.74, 6) is -1.98. The van der Waals surface area contributed by atoms with Crippen LogP contribution in [0.2, 0.25) is 0 Å². The molecule has 2 aromatic carbocycles. The van der Waals surface area contributed by atoms with E-state index < -0.39 is 24.1 Å². The summed E-state index contributed by atoms with van der Waals surface area (Å²) in [5, 5.41) is 11.9. The van der Waals surface area contributed by atoms with Gasteiger partial charge in [0.2, 0.25) is 0 Å². The third-order valence-corrected chi connectivity index (χ3v) is 6.87. The average Bonchev–Trinajstić information content (AvgIpc) is 3.04. The van der Waals surface area contributed by atoms with Crippen LogP contribution in [0.25, 0.3) is 0 Å². The molecule has 2 aromatic rings. The molecule has 2 atom stereocenters. The molecule has 194 valence electrons. The molecule has 0 aromatic heterocycles. The molecule has 1 aliphatic heterocycles. The van der Waals surface area contributed by atoms with Crippen molar-refractivity contribution >= 4 is 18.0 Å². The maximum atomic E-state index is 12.8. The lowest BCUT2D eigenvalue weighted by molar-refractivity contribution is -0.137. The molecule has 8 nitrogen and oxygen atoms in total. The van der Waals surface area contributed by atoms with Gasteiger partial charge in [0.15, 0.2) is 0 Å². The Bertz CT molecular complexity index is 1090. The van der Waals surface area contributed by atoms with Crippen LogP contribution in [0.15, 0.2) is 48.5 Å². The smallest absolute Gasteiger partial charge is 0.413 e. The predicted octanol–water partition coefficient (Wildman–Crippen LogP) is 4.87. The van der Waals surface area contributed by atoms with Crippen molar-refractivity contribution in [3.63, 3.8) is 0 Å². The molecule has 0 radical (unpaired) electrons. The number of carbonyl (C=O) groups is 3. The van der Waals surface area contributed by atoms with Gasteiger partial charge < -0.3 is 24.8 Å². The molecule has 0 spiro atoms. The van der Waals surface area contributed by atoms with Gasteiger partial charge in [0, 0.05) is 12.0 Å². The first-order valence-electron chi connectivity index (χ1n) is 12.5. The van der Waals surface area contributed by atoms with E-state index in [9.17, 15) is 19.5 Å². The Morgan fingerprint density at radius 2 is 1.83 bits per heavy atom. The summed E-state index contributed by atoms with van der Waals surface area (Å²) in [6.45, 7) is 7.72. The number of carboxylic acid groups (broad SMARTS) is 1. The van der Waals surface area contributed by atoms with Crippen molar-refractivity contribution in [2.45, 2.75) is 57.9 Å². The Kier molecular flexibility index (Phi) is 9.09. The van der Waals surface area contributed by atoms with Crippen molar-refractivity contribution in [3.8, 4) is 11.5 Å². The van der Waals surface area contributed by atoms with Gasteiger partial charge in [-0.3, -0.25) is 0 Å². The number of likely N-dealkylation sites (tertiary alicyclic amines) is 1. The number of carboxylic acids is 1. The molecule has 1 aliphatic rings. The van der Waals surface area contributed by atoms with Gasteiger partial charge >= 0.3 is 18.0 Å². The summed E-state index contributed by atoms with van der Waals surface area (Å²) in [7, 11) is 2.14. The van der Waals surface area contributed by atoms with Crippen LogP contribution in [0.1, 0.15) is 62.4 Å². The van der Waals surface area contributed by atoms with Crippen molar-refractivity contribution in [2.75, 3.05) is 20.1 Å². The largest absolute Gasteiger partial charge is 0.478 e. The standard InChI is InChI=1S/C28H36N2O6/c1-5-28(15-8-9-16-30(4)18-28)20-11-10-12-21(17-20)35-27(34)29-24(19(2)3)26(33)36-23-14-7-6-13-22(23)25(31)32/h6-7,10-14,17,19,24H,5,8-9,15-16,18H2,1-4H3,(H,29,34)(H,31,32). The number of nitrogens with one attached hydrogen (secondary N) is 1. The summed E-state index contributed by atoms with van der Waals surface area (Å²) in [6, 6.07) is 12.4. The molecule has 2 N–H and O–H groups in total. The molecule has 8 heteroatoms. The Morgan fingerprint density at radius 3 is 2.53 bits per heavy atom. The van der Waals surface area contributed by atoms with Gasteiger partial charge in [-0.05, 0) is 68.6 Å². The summed E-state index contributed by atoms with van der Waals surface area (Å²) in [4.78, 5) is 39.4. The highest BCUT2D eigenvalue weighted by Crippen LogP contribution is 2.37. The number of nitrogens with zero attached hydrogens (tertiary/aromatic N) is 1. The zero-order chi connectivity index (χ0) is 26.3. The lowest BCUT2D eigenvalue weighted by Gasteiger charge is -2.35. The van der Waals surface area contributed by atoms with Crippen molar-refractivity contribution in [3.05, 3.63) is 59.7 Å². The zero-order valence-electron chi connectivity index (χ0n) is 21.5. The quantitative estimate of drug-likeness (QED) is 0.397. The van der Waals surface area contributed by atoms with E-state index in [0.29, 0.717) is 5.75 Å². The van der Waals surface area contributed by atoms with Gasteiger partial charge in [0.05, 0.1) is 0 Å². The Morgan fingerprint density at radius 1 is 1.08 bits per heavy atom. The van der Waals surface area contributed by atoms with Crippen molar-refractivity contribution in [1.82, 2.24) is 10.2 Å². The van der Waals surface area contributed by atoms with Crippen molar-refractivity contribution in [2.24, 2.45) is 5.92 Å². The number of benzene rings is 2. The van der Waals surface area contributed by atoms with Gasteiger partial charge in [0.25, 0.3) is 0 Å². The number of rotatable bonds is 8. The fraction of sp³-hybridized carbons (Fsp3) is 0.464. The number of likely N-dealkylation sites (N-methyl/N-ethyl adjacent to an activating group) is 1. The molecule has 1 amide bonds. The van der Waals surface area contributed by atoms with Crippen LogP contribution < -0.4 is 14.8 Å². The number of ether oxygens (including phenoxy) is 2. The highest BCUT2D eigenvalue weighted by molar-refractivity contribution is 5.92. The SMILES string of the molecule is CCC1(c2cccc(OC(=O)NC(C(=O)Oc3ccccc3C(=O)O)C(C)C)c2)CCCCN(C)C1. The highest BCUT2D eigenvalue weighted by Gasteiger charge is 2.34. The molecule has 36 heavy (non-hydrogen) atoms. The summed E-state index contributed by atoms with van der Waals surface area (Å²) in [5.41, 5.74) is 0.985. The molecule has 0 aliphatic carbocycles. The molecule has 2 unspecified atom stereocenters. The van der Waals surface area contributed by atoms with Gasteiger partial charge in [-0.25, -0.2) is 14.4 Å². The number of hydrogen-bond acceptors (Lipinski definition) is 6. The minimum atomic E-state index is -1.21. The van der Waals surface area contributed by atoms with E-state index >= 15 is 0 Å². The summed E-state index contributed by atoms with van der Waals surface area (Å²) < 4.78 is 10.9. The molecule has 0 bridgehead atoms. The first-order valence-corrected chi connectivity index (χ1v) is 12.5. The molecule has 3 rings (SSSR count). The second kappa shape index (κ2) is 12.0. The third kappa shape index (κ3) is 6.63. The van der Waals surface area contributed by atoms with E-state index in [-0.39, 0.29) is 22.6 Å². The van der Waals surface area contributed by atoms with Crippen LogP contribution in [0.5, 0.6) is 11.5 Å². The van der Waals surface area contributed by atoms with Crippen LogP contribution in [-0.4, -0.2) is 54.2 Å². The maximum absolute atomic E-state index is 12.8. The molecule has 0 saturated carbocycles. The second-order valence-electron chi connectivity index (χ2n) is 9.83. The number of aromatic carboxylic acids is 1. The zero-order valence-corrected chi connectivity index (χ0v) is 21.5. The van der Waals surface area contributed by atoms with Crippen LogP contribution >= 0.6 is 0 Å². The van der Waals surface area contributed by atoms with Gasteiger partial charge in [0.1, 0.15) is 23.1 Å². The van der Waals surface area contributed by atoms with E-state index in [1.807, 2.05) is 12.1 Å². The minimum Gasteiger partial charge on any atom is -0.478 e. The number of para-hydroxylation sites is 1. The molecule has 1 fully saturated rings. The van der Waals surface area contributed by atoms with E-state index in [1.165, 1.54) is 18.6 Å². The summed E-state index contributed by atoms with van der Waals surface area (Å²) in [6.07, 6.45) is 3.58. The number of hydrogen-bond donors (Lipinski definition) is 2. The first-order chi connectivity index (χ1) is 17.1. The fourth-order valence-electron chi connectivity index (χ4n) is 4.80. The third-order valence-electron chi connectivity index (χ3n) is 6.87. The van der Waals surface area contributed by atoms with Crippen LogP contribution in [0.4, 0.5) is 4.79 Å². The molecular weight excluding hydrogens is 460 g/mol. The van der Waals surface area contributed by atoms with Gasteiger partial charge in [-0.1, -0.05) is 51.5 Å². The van der Waals surface area contributed by atoms with Crippen molar-refractivity contribution < 1.29 is 29.0 Å². The Hall–Kier alpha value is -3.39. The van der Waals surface area contributed by atoms with Crippen LogP contribution in [0, 0.1) is 5.92 Å². The minimum absolute atomic E-state index is 0.0110. The van der Waals surface area contributed by atoms with E-state index in [1.54, 1.807) is 32.0 Å². The maximum Gasteiger partial charge on any atom is 0.413 e. The van der Waals surface area contributed by atoms with Crippen LogP contribution in [-0.2, 0) is 10.2 Å². The summed E-state index contributed by atoms with van der Waals surface area (Å²) >= 11 is 0. The highest BCUT2D eigenvalue weighted by atomic mass is 16.6. The lowest BCUT2D eigenvalue weighted by Crippen LogP contribution is -2.47. The fourth-order valence-corrected chi connectivity index (χ4v) is 4.80. The van der Waals surface area contributed by atoms with Gasteiger partial charge in [-0.2, -0.15) is 0 Å². The number of carbonyl (C=O) groups excluding carboxylic acids is 2. The van der Waals surface area contributed by atoms with E-state index in [2.05, 4.69) is 30.3 Å². The average molecular weight is 497 g/mol. The number of amides is 1. The number of esters is 1. The predicted molar refractivity (Wildman–Crippen MR) is 137 cm³/mol. The topological polar surface area (TPSA) is 105 Å². The molecule has 1 saturated heterocycles. The molecule has 1 heterocycles. The monoisotopic (exact) mass is 496 g/mol. The van der Waals surface area contributed by atoms with Crippen LogP contribution in [0.3, 0.4) is 0 Å². The first kappa shape index (κ1) is 27.2. The Labute approximate surface area is 212 Å². The van der Waals surface area contributed by atoms with Gasteiger partial charge in [-0.15, -0.1) is 0 Å². The Balaban J connectivity index is 1.72. The van der Waals surface area contributed by atoms with E-state index in [4.69, 9.17) is 9.47 Å². The lowest BCUT2D eigenvalue weighted by atomic mass is 9.74. The van der Waals surface area contributed by atoms with Crippen molar-refractivity contribution in [1.29, 1.82) is 0 Å². The normalized spacial score (nSPS) is 19.2. The second-order valence-corrected chi connectivity index (χ2v) is 9.83.